The summed E-state index contributed by atoms with van der Waals surface area (Å²) >= 11 is 0. The van der Waals surface area contributed by atoms with Crippen molar-refractivity contribution in [1.82, 2.24) is 4.90 Å². The molecule has 2 aromatic rings. The Kier molecular flexibility index (Phi) is 5.11. The Hall–Kier alpha value is -2.40. The first kappa shape index (κ1) is 16.5. The van der Waals surface area contributed by atoms with Gasteiger partial charge in [-0.15, -0.1) is 0 Å². The third-order valence-electron chi connectivity index (χ3n) is 4.02. The SMILES string of the molecule is Cc1cccc(OCC(=O)N2CCOC(c3ccccc3F)C2)c1. The van der Waals surface area contributed by atoms with Gasteiger partial charge in [0.1, 0.15) is 17.7 Å². The number of ether oxygens (including phenoxy) is 2. The molecule has 1 fully saturated rings. The van der Waals surface area contributed by atoms with E-state index in [4.69, 9.17) is 9.47 Å². The number of aryl methyl sites for hydroxylation is 1. The van der Waals surface area contributed by atoms with Crippen molar-refractivity contribution in [3.8, 4) is 5.75 Å². The van der Waals surface area contributed by atoms with Crippen LogP contribution in [0.3, 0.4) is 0 Å². The normalized spacial score (nSPS) is 17.6. The Morgan fingerprint density at radius 2 is 2.12 bits per heavy atom. The van der Waals surface area contributed by atoms with E-state index in [2.05, 4.69) is 0 Å². The average molecular weight is 329 g/mol. The molecule has 24 heavy (non-hydrogen) atoms. The molecule has 1 heterocycles. The van der Waals surface area contributed by atoms with Gasteiger partial charge in [-0.1, -0.05) is 30.3 Å². The summed E-state index contributed by atoms with van der Waals surface area (Å²) in [5.41, 5.74) is 1.56. The molecule has 0 aliphatic carbocycles. The Labute approximate surface area is 140 Å². The van der Waals surface area contributed by atoms with Gasteiger partial charge in [-0.3, -0.25) is 4.79 Å². The standard InChI is InChI=1S/C19H20FNO3/c1-14-5-4-6-15(11-14)24-13-19(22)21-9-10-23-18(12-21)16-7-2-3-8-17(16)20/h2-8,11,18H,9-10,12-13H2,1H3. The lowest BCUT2D eigenvalue weighted by Gasteiger charge is -2.33. The molecule has 0 N–H and O–H groups in total. The second kappa shape index (κ2) is 7.45. The van der Waals surface area contributed by atoms with Crippen LogP contribution in [0.25, 0.3) is 0 Å². The molecule has 4 nitrogen and oxygen atoms in total. The number of carbonyl (C=O) groups is 1. The molecule has 0 spiro atoms. The highest BCUT2D eigenvalue weighted by molar-refractivity contribution is 5.78. The predicted octanol–water partition coefficient (Wildman–Crippen LogP) is 3.11. The summed E-state index contributed by atoms with van der Waals surface area (Å²) in [5, 5.41) is 0. The Morgan fingerprint density at radius 1 is 1.29 bits per heavy atom. The van der Waals surface area contributed by atoms with E-state index in [1.165, 1.54) is 6.07 Å². The fraction of sp³-hybridized carbons (Fsp3) is 0.316. The van der Waals surface area contributed by atoms with Crippen molar-refractivity contribution in [2.24, 2.45) is 0 Å². The molecule has 126 valence electrons. The van der Waals surface area contributed by atoms with Crippen LogP contribution >= 0.6 is 0 Å². The van der Waals surface area contributed by atoms with Crippen LogP contribution in [0.2, 0.25) is 0 Å². The maximum atomic E-state index is 13.9. The van der Waals surface area contributed by atoms with Gasteiger partial charge in [-0.2, -0.15) is 0 Å². The van der Waals surface area contributed by atoms with Gasteiger partial charge in [0, 0.05) is 12.1 Å². The van der Waals surface area contributed by atoms with E-state index < -0.39 is 6.10 Å². The lowest BCUT2D eigenvalue weighted by atomic mass is 10.1. The predicted molar refractivity (Wildman–Crippen MR) is 88.3 cm³/mol. The van der Waals surface area contributed by atoms with Crippen LogP contribution in [0.4, 0.5) is 4.39 Å². The molecule has 3 rings (SSSR count). The quantitative estimate of drug-likeness (QED) is 0.865. The summed E-state index contributed by atoms with van der Waals surface area (Å²) in [7, 11) is 0. The minimum Gasteiger partial charge on any atom is -0.484 e. The number of morpholine rings is 1. The number of benzene rings is 2. The van der Waals surface area contributed by atoms with Gasteiger partial charge in [0.15, 0.2) is 6.61 Å². The first-order chi connectivity index (χ1) is 11.6. The molecule has 0 bridgehead atoms. The van der Waals surface area contributed by atoms with Gasteiger partial charge in [0.25, 0.3) is 5.91 Å². The zero-order valence-corrected chi connectivity index (χ0v) is 13.6. The van der Waals surface area contributed by atoms with E-state index in [1.54, 1.807) is 23.1 Å². The zero-order chi connectivity index (χ0) is 16.9. The molecule has 0 aromatic heterocycles. The van der Waals surface area contributed by atoms with Gasteiger partial charge < -0.3 is 14.4 Å². The zero-order valence-electron chi connectivity index (χ0n) is 13.6. The van der Waals surface area contributed by atoms with Crippen molar-refractivity contribution in [1.29, 1.82) is 0 Å². The monoisotopic (exact) mass is 329 g/mol. The number of halogens is 1. The maximum absolute atomic E-state index is 13.9. The minimum absolute atomic E-state index is 0.0343. The van der Waals surface area contributed by atoms with Gasteiger partial charge in [-0.05, 0) is 30.7 Å². The molecule has 2 aromatic carbocycles. The fourth-order valence-corrected chi connectivity index (χ4v) is 2.74. The highest BCUT2D eigenvalue weighted by Gasteiger charge is 2.27. The van der Waals surface area contributed by atoms with Crippen molar-refractivity contribution in [3.63, 3.8) is 0 Å². The summed E-state index contributed by atoms with van der Waals surface area (Å²) in [6, 6.07) is 14.1. The van der Waals surface area contributed by atoms with Gasteiger partial charge in [0.05, 0.1) is 13.2 Å². The number of hydrogen-bond acceptors (Lipinski definition) is 3. The number of hydrogen-bond donors (Lipinski definition) is 0. The number of rotatable bonds is 4. The molecule has 1 unspecified atom stereocenters. The van der Waals surface area contributed by atoms with Crippen LogP contribution in [0, 0.1) is 12.7 Å². The Balaban J connectivity index is 1.60. The number of nitrogens with zero attached hydrogens (tertiary/aromatic N) is 1. The van der Waals surface area contributed by atoms with Crippen LogP contribution in [-0.2, 0) is 9.53 Å². The number of carbonyl (C=O) groups excluding carboxylic acids is 1. The average Bonchev–Trinajstić information content (AvgIpc) is 2.60. The van der Waals surface area contributed by atoms with Gasteiger partial charge in [0.2, 0.25) is 0 Å². The van der Waals surface area contributed by atoms with E-state index in [-0.39, 0.29) is 18.3 Å². The van der Waals surface area contributed by atoms with Crippen molar-refractivity contribution in [2.75, 3.05) is 26.3 Å². The van der Waals surface area contributed by atoms with Gasteiger partial charge >= 0.3 is 0 Å². The minimum atomic E-state index is -0.442. The fourth-order valence-electron chi connectivity index (χ4n) is 2.74. The summed E-state index contributed by atoms with van der Waals surface area (Å²) < 4.78 is 25.1. The third-order valence-corrected chi connectivity index (χ3v) is 4.02. The molecule has 1 aliphatic rings. The largest absolute Gasteiger partial charge is 0.484 e. The number of amides is 1. The van der Waals surface area contributed by atoms with Crippen molar-refractivity contribution in [3.05, 3.63) is 65.5 Å². The van der Waals surface area contributed by atoms with Gasteiger partial charge in [-0.25, -0.2) is 4.39 Å². The molecule has 0 radical (unpaired) electrons. The molecule has 1 aliphatic heterocycles. The van der Waals surface area contributed by atoms with Crippen LogP contribution in [0.15, 0.2) is 48.5 Å². The van der Waals surface area contributed by atoms with E-state index in [0.29, 0.717) is 31.0 Å². The maximum Gasteiger partial charge on any atom is 0.260 e. The first-order valence-corrected chi connectivity index (χ1v) is 7.97. The lowest BCUT2D eigenvalue weighted by molar-refractivity contribution is -0.141. The van der Waals surface area contributed by atoms with Crippen LogP contribution in [0.5, 0.6) is 5.75 Å². The molecule has 1 saturated heterocycles. The highest BCUT2D eigenvalue weighted by atomic mass is 19.1. The van der Waals surface area contributed by atoms with Crippen molar-refractivity contribution in [2.45, 2.75) is 13.0 Å². The summed E-state index contributed by atoms with van der Waals surface area (Å²) in [4.78, 5) is 14.0. The summed E-state index contributed by atoms with van der Waals surface area (Å²) in [6.07, 6.45) is -0.442. The first-order valence-electron chi connectivity index (χ1n) is 7.97. The topological polar surface area (TPSA) is 38.8 Å². The van der Waals surface area contributed by atoms with Crippen LogP contribution < -0.4 is 4.74 Å². The Bertz CT molecular complexity index is 719. The van der Waals surface area contributed by atoms with Crippen molar-refractivity contribution >= 4 is 5.91 Å². The van der Waals surface area contributed by atoms with Crippen molar-refractivity contribution < 1.29 is 18.7 Å². The summed E-state index contributed by atoms with van der Waals surface area (Å²) in [6.45, 7) is 3.14. The van der Waals surface area contributed by atoms with E-state index in [0.717, 1.165) is 5.56 Å². The van der Waals surface area contributed by atoms with Crippen LogP contribution in [0.1, 0.15) is 17.2 Å². The van der Waals surface area contributed by atoms with E-state index in [9.17, 15) is 9.18 Å². The Morgan fingerprint density at radius 3 is 2.92 bits per heavy atom. The molecule has 5 heteroatoms. The molecule has 1 amide bonds. The highest BCUT2D eigenvalue weighted by Crippen LogP contribution is 2.24. The molecular formula is C19H20FNO3. The lowest BCUT2D eigenvalue weighted by Crippen LogP contribution is -2.44. The second-order valence-corrected chi connectivity index (χ2v) is 5.83. The molecule has 1 atom stereocenters. The molecular weight excluding hydrogens is 309 g/mol. The second-order valence-electron chi connectivity index (χ2n) is 5.83. The third kappa shape index (κ3) is 3.92. The summed E-state index contributed by atoms with van der Waals surface area (Å²) in [5.74, 6) is 0.233. The molecule has 0 saturated carbocycles. The van der Waals surface area contributed by atoms with E-state index in [1.807, 2.05) is 31.2 Å². The van der Waals surface area contributed by atoms with Crippen LogP contribution in [-0.4, -0.2) is 37.1 Å². The van der Waals surface area contributed by atoms with E-state index >= 15 is 0 Å². The smallest absolute Gasteiger partial charge is 0.260 e.